The van der Waals surface area contributed by atoms with Crippen LogP contribution in [0.15, 0.2) is 47.5 Å². The molecule has 12 heteroatoms. The second-order valence-electron chi connectivity index (χ2n) is 5.84. The van der Waals surface area contributed by atoms with Crippen molar-refractivity contribution in [1.82, 2.24) is 29.8 Å². The summed E-state index contributed by atoms with van der Waals surface area (Å²) in [5.41, 5.74) is 0.473. The maximum atomic E-state index is 12.8. The molecule has 0 spiro atoms. The minimum absolute atomic E-state index is 0.00193. The van der Waals surface area contributed by atoms with Crippen LogP contribution in [0.25, 0.3) is 16.6 Å². The number of hydrogen-bond donors (Lipinski definition) is 0. The summed E-state index contributed by atoms with van der Waals surface area (Å²) >= 11 is 12.1. The smallest absolute Gasteiger partial charge is 0.387 e. The van der Waals surface area contributed by atoms with E-state index in [9.17, 15) is 13.6 Å². The zero-order valence-corrected chi connectivity index (χ0v) is 15.8. The summed E-state index contributed by atoms with van der Waals surface area (Å²) in [6, 6.07) is 8.74. The summed E-state index contributed by atoms with van der Waals surface area (Å²) in [6.07, 6.45) is 1.34. The lowest BCUT2D eigenvalue weighted by atomic mass is 10.2. The topological polar surface area (TPSA) is 87.7 Å². The molecule has 148 valence electrons. The van der Waals surface area contributed by atoms with Crippen LogP contribution < -0.4 is 10.3 Å². The van der Waals surface area contributed by atoms with Gasteiger partial charge in [-0.05, 0) is 46.8 Å². The summed E-state index contributed by atoms with van der Waals surface area (Å²) in [6.45, 7) is -2.91. The van der Waals surface area contributed by atoms with E-state index >= 15 is 0 Å². The number of fused-ring (bicyclic) bond motifs is 1. The lowest BCUT2D eigenvalue weighted by Crippen LogP contribution is -2.23. The van der Waals surface area contributed by atoms with Crippen molar-refractivity contribution in [2.45, 2.75) is 13.2 Å². The molecule has 8 nitrogen and oxygen atoms in total. The van der Waals surface area contributed by atoms with Crippen molar-refractivity contribution in [1.29, 1.82) is 0 Å². The minimum Gasteiger partial charge on any atom is -0.435 e. The number of benzene rings is 2. The van der Waals surface area contributed by atoms with Gasteiger partial charge in [0, 0.05) is 5.02 Å². The second kappa shape index (κ2) is 7.72. The lowest BCUT2D eigenvalue weighted by Gasteiger charge is -2.09. The third-order valence-corrected chi connectivity index (χ3v) is 4.50. The van der Waals surface area contributed by atoms with Gasteiger partial charge in [0.25, 0.3) is 5.56 Å². The quantitative estimate of drug-likeness (QED) is 0.474. The van der Waals surface area contributed by atoms with Crippen LogP contribution >= 0.6 is 23.2 Å². The molecule has 2 heterocycles. The molecule has 0 bridgehead atoms. The summed E-state index contributed by atoms with van der Waals surface area (Å²) in [4.78, 5) is 17.0. The van der Waals surface area contributed by atoms with E-state index in [-0.39, 0.29) is 28.3 Å². The van der Waals surface area contributed by atoms with Crippen LogP contribution in [0.2, 0.25) is 10.0 Å². The minimum atomic E-state index is -2.92. The molecule has 2 aromatic carbocycles. The third kappa shape index (κ3) is 3.89. The Morgan fingerprint density at radius 1 is 1.14 bits per heavy atom. The van der Waals surface area contributed by atoms with E-state index in [1.165, 1.54) is 52.0 Å². The summed E-state index contributed by atoms with van der Waals surface area (Å²) in [5, 5.41) is 12.3. The predicted octanol–water partition coefficient (Wildman–Crippen LogP) is 3.33. The monoisotopic (exact) mass is 438 g/mol. The van der Waals surface area contributed by atoms with Crippen molar-refractivity contribution in [2.24, 2.45) is 0 Å². The molecule has 0 saturated heterocycles. The van der Waals surface area contributed by atoms with Crippen molar-refractivity contribution in [3.8, 4) is 11.4 Å². The van der Waals surface area contributed by atoms with Crippen molar-refractivity contribution in [3.63, 3.8) is 0 Å². The average molecular weight is 439 g/mol. The number of nitrogens with zero attached hydrogens (tertiary/aromatic N) is 6. The number of alkyl halides is 2. The van der Waals surface area contributed by atoms with Gasteiger partial charge < -0.3 is 4.74 Å². The molecular weight excluding hydrogens is 429 g/mol. The maximum Gasteiger partial charge on any atom is 0.387 e. The molecule has 0 unspecified atom stereocenters. The number of tetrazole rings is 1. The third-order valence-electron chi connectivity index (χ3n) is 4.00. The molecule has 4 aromatic rings. The van der Waals surface area contributed by atoms with Gasteiger partial charge >= 0.3 is 6.61 Å². The van der Waals surface area contributed by atoms with Gasteiger partial charge in [-0.3, -0.25) is 9.36 Å². The standard InChI is InChI=1S/C17H10Cl2F2N6O2/c18-9-5-12-15(13(19)6-9)22-8-26(16(12)28)7-14-23-24-25-27(14)10-1-3-11(4-2-10)29-17(20)21/h1-6,8,17H,7H2. The molecule has 29 heavy (non-hydrogen) atoms. The van der Waals surface area contributed by atoms with E-state index < -0.39 is 6.61 Å². The normalized spacial score (nSPS) is 11.3. The highest BCUT2D eigenvalue weighted by Gasteiger charge is 2.14. The molecule has 0 radical (unpaired) electrons. The fraction of sp³-hybridized carbons (Fsp3) is 0.118. The van der Waals surface area contributed by atoms with E-state index in [0.29, 0.717) is 22.1 Å². The molecule has 2 aromatic heterocycles. The van der Waals surface area contributed by atoms with Crippen LogP contribution in [-0.2, 0) is 6.54 Å². The molecule has 0 aliphatic rings. The van der Waals surface area contributed by atoms with E-state index in [2.05, 4.69) is 25.2 Å². The van der Waals surface area contributed by atoms with Crippen LogP contribution in [-0.4, -0.2) is 36.4 Å². The molecular formula is C17H10Cl2F2N6O2. The van der Waals surface area contributed by atoms with E-state index in [0.717, 1.165) is 0 Å². The van der Waals surface area contributed by atoms with Gasteiger partial charge in [-0.25, -0.2) is 4.98 Å². The number of aromatic nitrogens is 6. The molecule has 0 aliphatic heterocycles. The molecule has 0 aliphatic carbocycles. The maximum absolute atomic E-state index is 12.8. The summed E-state index contributed by atoms with van der Waals surface area (Å²) in [5.74, 6) is 0.325. The van der Waals surface area contributed by atoms with Gasteiger partial charge in [-0.2, -0.15) is 13.5 Å². The Morgan fingerprint density at radius 2 is 1.90 bits per heavy atom. The first-order valence-corrected chi connectivity index (χ1v) is 8.84. The molecule has 4 rings (SSSR count). The first kappa shape index (κ1) is 19.2. The van der Waals surface area contributed by atoms with Crippen LogP contribution in [0.4, 0.5) is 8.78 Å². The summed E-state index contributed by atoms with van der Waals surface area (Å²) in [7, 11) is 0. The molecule has 0 fully saturated rings. The van der Waals surface area contributed by atoms with Gasteiger partial charge in [0.2, 0.25) is 0 Å². The molecule has 0 atom stereocenters. The second-order valence-corrected chi connectivity index (χ2v) is 6.68. The van der Waals surface area contributed by atoms with Gasteiger partial charge in [0.1, 0.15) is 5.75 Å². The average Bonchev–Trinajstić information content (AvgIpc) is 3.13. The Balaban J connectivity index is 1.68. The Kier molecular flexibility index (Phi) is 5.12. The predicted molar refractivity (Wildman–Crippen MR) is 101 cm³/mol. The number of halogens is 4. The van der Waals surface area contributed by atoms with Gasteiger partial charge in [0.05, 0.1) is 34.5 Å². The first-order chi connectivity index (χ1) is 13.9. The molecule has 0 amide bonds. The molecule has 0 saturated carbocycles. The highest BCUT2D eigenvalue weighted by atomic mass is 35.5. The fourth-order valence-corrected chi connectivity index (χ4v) is 3.28. The SMILES string of the molecule is O=c1c2cc(Cl)cc(Cl)c2ncn1Cc1nnnn1-c1ccc(OC(F)F)cc1. The van der Waals surface area contributed by atoms with Crippen LogP contribution in [0, 0.1) is 0 Å². The number of hydrogen-bond acceptors (Lipinski definition) is 6. The highest BCUT2D eigenvalue weighted by Crippen LogP contribution is 2.24. The zero-order valence-electron chi connectivity index (χ0n) is 14.3. The van der Waals surface area contributed by atoms with E-state index in [1.54, 1.807) is 0 Å². The van der Waals surface area contributed by atoms with Crippen molar-refractivity contribution < 1.29 is 13.5 Å². The van der Waals surface area contributed by atoms with Crippen molar-refractivity contribution in [3.05, 3.63) is 68.9 Å². The Labute approximate surface area is 171 Å². The number of ether oxygens (including phenoxy) is 1. The van der Waals surface area contributed by atoms with Crippen LogP contribution in [0.1, 0.15) is 5.82 Å². The Morgan fingerprint density at radius 3 is 2.62 bits per heavy atom. The van der Waals surface area contributed by atoms with E-state index in [4.69, 9.17) is 23.2 Å². The largest absolute Gasteiger partial charge is 0.435 e. The van der Waals surface area contributed by atoms with Gasteiger partial charge in [0.15, 0.2) is 5.82 Å². The zero-order chi connectivity index (χ0) is 20.5. The van der Waals surface area contributed by atoms with Crippen LogP contribution in [0.3, 0.4) is 0 Å². The Hall–Kier alpha value is -3.11. The van der Waals surface area contributed by atoms with Crippen LogP contribution in [0.5, 0.6) is 5.75 Å². The fourth-order valence-electron chi connectivity index (χ4n) is 2.73. The van der Waals surface area contributed by atoms with Gasteiger partial charge in [-0.1, -0.05) is 23.2 Å². The van der Waals surface area contributed by atoms with E-state index in [1.807, 2.05) is 0 Å². The number of rotatable bonds is 5. The van der Waals surface area contributed by atoms with Crippen molar-refractivity contribution >= 4 is 34.1 Å². The first-order valence-electron chi connectivity index (χ1n) is 8.09. The Bertz CT molecular complexity index is 1240. The lowest BCUT2D eigenvalue weighted by molar-refractivity contribution is -0.0498. The van der Waals surface area contributed by atoms with Gasteiger partial charge in [-0.15, -0.1) is 5.10 Å². The van der Waals surface area contributed by atoms with Crippen molar-refractivity contribution in [2.75, 3.05) is 0 Å². The highest BCUT2D eigenvalue weighted by molar-refractivity contribution is 6.38. The molecule has 0 N–H and O–H groups in total. The summed E-state index contributed by atoms with van der Waals surface area (Å²) < 4.78 is 31.6.